The Morgan fingerprint density at radius 2 is 2.05 bits per heavy atom. The molecule has 0 fully saturated rings. The van der Waals surface area contributed by atoms with Gasteiger partial charge in [-0.3, -0.25) is 0 Å². The number of nitrogens with zero attached hydrogens (tertiary/aromatic N) is 3. The zero-order valence-corrected chi connectivity index (χ0v) is 12.5. The first-order chi connectivity index (χ1) is 9.86. The first-order valence-corrected chi connectivity index (χ1v) is 6.83. The highest BCUT2D eigenvalue weighted by Gasteiger charge is 2.30. The third-order valence-electron chi connectivity index (χ3n) is 2.82. The molecule has 0 saturated carbocycles. The SMILES string of the molecule is FC(F)(F)c1cccc(-c2cc(Cl)n3[n+]#cc(Br)c3n2)c1. The Kier molecular flexibility index (Phi) is 3.30. The molecule has 0 aliphatic rings. The van der Waals surface area contributed by atoms with Gasteiger partial charge in [0, 0.05) is 16.1 Å². The molecule has 1 aromatic carbocycles. The van der Waals surface area contributed by atoms with Crippen molar-refractivity contribution in [2.24, 2.45) is 0 Å². The van der Waals surface area contributed by atoms with E-state index in [-0.39, 0.29) is 5.15 Å². The van der Waals surface area contributed by atoms with Crippen LogP contribution in [0, 0.1) is 6.20 Å². The topological polar surface area (TPSA) is 31.4 Å². The predicted molar refractivity (Wildman–Crippen MR) is 72.8 cm³/mol. The van der Waals surface area contributed by atoms with Gasteiger partial charge in [-0.15, -0.1) is 0 Å². The van der Waals surface area contributed by atoms with E-state index in [1.807, 2.05) is 0 Å². The summed E-state index contributed by atoms with van der Waals surface area (Å²) in [7, 11) is 0. The van der Waals surface area contributed by atoms with E-state index in [2.05, 4.69) is 32.2 Å². The van der Waals surface area contributed by atoms with Crippen LogP contribution in [0.15, 0.2) is 34.8 Å². The van der Waals surface area contributed by atoms with Crippen LogP contribution in [0.1, 0.15) is 5.56 Å². The molecule has 0 radical (unpaired) electrons. The van der Waals surface area contributed by atoms with E-state index < -0.39 is 11.7 Å². The van der Waals surface area contributed by atoms with Gasteiger partial charge in [0.05, 0.1) is 11.3 Å². The number of rotatable bonds is 1. The van der Waals surface area contributed by atoms with E-state index in [4.69, 9.17) is 11.6 Å². The van der Waals surface area contributed by atoms with Crippen LogP contribution in [0.2, 0.25) is 5.15 Å². The Hall–Kier alpha value is -1.78. The highest BCUT2D eigenvalue weighted by Crippen LogP contribution is 2.32. The Balaban J connectivity index is 2.18. The van der Waals surface area contributed by atoms with Gasteiger partial charge in [0.1, 0.15) is 5.10 Å². The molecule has 0 amide bonds. The highest BCUT2D eigenvalue weighted by molar-refractivity contribution is 9.10. The summed E-state index contributed by atoms with van der Waals surface area (Å²) in [6.45, 7) is 0. The lowest BCUT2D eigenvalue weighted by atomic mass is 10.1. The highest BCUT2D eigenvalue weighted by atomic mass is 79.9. The minimum Gasteiger partial charge on any atom is -0.222 e. The average Bonchev–Trinajstić information content (AvgIpc) is 2.80. The van der Waals surface area contributed by atoms with Crippen LogP contribution in [0.5, 0.6) is 0 Å². The minimum atomic E-state index is -4.41. The first kappa shape index (κ1) is 14.2. The van der Waals surface area contributed by atoms with Gasteiger partial charge in [-0.05, 0) is 28.1 Å². The number of fused-ring (bicyclic) bond motifs is 1. The van der Waals surface area contributed by atoms with Crippen molar-refractivity contribution in [2.75, 3.05) is 0 Å². The van der Waals surface area contributed by atoms with Gasteiger partial charge < -0.3 is 0 Å². The van der Waals surface area contributed by atoms with E-state index in [9.17, 15) is 13.2 Å². The quantitative estimate of drug-likeness (QED) is 0.605. The summed E-state index contributed by atoms with van der Waals surface area (Å²) in [6.07, 6.45) is -1.77. The lowest BCUT2D eigenvalue weighted by molar-refractivity contribution is -0.389. The third-order valence-corrected chi connectivity index (χ3v) is 3.62. The molecule has 8 heteroatoms. The van der Waals surface area contributed by atoms with Gasteiger partial charge in [0.25, 0.3) is 0 Å². The number of hydrogen-bond donors (Lipinski definition) is 0. The standard InChI is InChI=1S/C13H5BrClF3N3/c14-9-6-19-21-11(15)5-10(20-12(9)21)7-2-1-3-8(4-7)13(16,17)18/h1-5H/q+1. The molecule has 0 unspecified atom stereocenters. The maximum absolute atomic E-state index is 12.8. The van der Waals surface area contributed by atoms with Gasteiger partial charge in [0.15, 0.2) is 9.63 Å². The zero-order chi connectivity index (χ0) is 15.2. The van der Waals surface area contributed by atoms with Gasteiger partial charge in [-0.25, -0.2) is 4.98 Å². The molecule has 0 atom stereocenters. The van der Waals surface area contributed by atoms with Gasteiger partial charge in [0.2, 0.25) is 5.65 Å². The summed E-state index contributed by atoms with van der Waals surface area (Å²) >= 11 is 9.27. The summed E-state index contributed by atoms with van der Waals surface area (Å²) in [5.74, 6) is 0. The van der Waals surface area contributed by atoms with Crippen molar-refractivity contribution in [3.63, 3.8) is 0 Å². The maximum Gasteiger partial charge on any atom is 0.416 e. The van der Waals surface area contributed by atoms with Crippen LogP contribution in [0.3, 0.4) is 0 Å². The molecule has 3 rings (SSSR count). The van der Waals surface area contributed by atoms with Crippen LogP contribution >= 0.6 is 27.5 Å². The molecule has 3 aromatic rings. The Bertz CT molecular complexity index is 829. The molecular formula is C13H5BrClF3N3+. The monoisotopic (exact) mass is 374 g/mol. The summed E-state index contributed by atoms with van der Waals surface area (Å²) < 4.78 is 40.1. The second-order valence-corrected chi connectivity index (χ2v) is 5.38. The molecule has 21 heavy (non-hydrogen) atoms. The molecule has 0 aliphatic carbocycles. The molecule has 3 nitrogen and oxygen atoms in total. The average molecular weight is 376 g/mol. The molecule has 0 saturated heterocycles. The molecule has 106 valence electrons. The molecule has 0 aliphatic heterocycles. The molecule has 0 spiro atoms. The number of alkyl halides is 3. The van der Waals surface area contributed by atoms with Crippen molar-refractivity contribution >= 4 is 33.2 Å². The van der Waals surface area contributed by atoms with E-state index in [0.717, 1.165) is 12.1 Å². The molecule has 0 bridgehead atoms. The Labute approximate surface area is 130 Å². The van der Waals surface area contributed by atoms with Crippen molar-refractivity contribution < 1.29 is 18.3 Å². The fourth-order valence-corrected chi connectivity index (χ4v) is 2.41. The minimum absolute atomic E-state index is 0.231. The van der Waals surface area contributed by atoms with Crippen LogP contribution in [0.25, 0.3) is 16.9 Å². The smallest absolute Gasteiger partial charge is 0.222 e. The fourth-order valence-electron chi connectivity index (χ4n) is 1.85. The van der Waals surface area contributed by atoms with Gasteiger partial charge >= 0.3 is 12.4 Å². The molecule has 0 N–H and O–H groups in total. The second-order valence-electron chi connectivity index (χ2n) is 4.20. The van der Waals surface area contributed by atoms with Crippen LogP contribution in [-0.2, 0) is 6.18 Å². The van der Waals surface area contributed by atoms with E-state index in [1.165, 1.54) is 16.6 Å². The summed E-state index contributed by atoms with van der Waals surface area (Å²) in [5, 5.41) is 4.11. The molecule has 2 heterocycles. The normalized spacial score (nSPS) is 11.7. The van der Waals surface area contributed by atoms with E-state index >= 15 is 0 Å². The van der Waals surface area contributed by atoms with Crippen molar-refractivity contribution in [3.05, 3.63) is 51.7 Å². The van der Waals surface area contributed by atoms with Gasteiger partial charge in [-0.2, -0.15) is 13.2 Å². The van der Waals surface area contributed by atoms with Crippen LogP contribution in [0.4, 0.5) is 13.2 Å². The molecule has 2 aromatic heterocycles. The third kappa shape index (κ3) is 2.57. The van der Waals surface area contributed by atoms with Gasteiger partial charge in [-0.1, -0.05) is 23.7 Å². The Morgan fingerprint density at radius 1 is 1.29 bits per heavy atom. The van der Waals surface area contributed by atoms with E-state index in [1.54, 1.807) is 6.07 Å². The number of halogens is 5. The fraction of sp³-hybridized carbons (Fsp3) is 0.0769. The second kappa shape index (κ2) is 4.90. The Morgan fingerprint density at radius 3 is 2.76 bits per heavy atom. The van der Waals surface area contributed by atoms with Crippen molar-refractivity contribution in [1.82, 2.24) is 9.50 Å². The number of hydrogen-bond acceptors (Lipinski definition) is 1. The predicted octanol–water partition coefficient (Wildman–Crippen LogP) is 3.84. The summed E-state index contributed by atoms with van der Waals surface area (Å²) in [5.41, 5.74) is 0.294. The largest absolute Gasteiger partial charge is 0.416 e. The van der Waals surface area contributed by atoms with Crippen molar-refractivity contribution in [3.8, 4) is 11.3 Å². The number of aromatic nitrogens is 3. The molecular weight excluding hydrogens is 371 g/mol. The van der Waals surface area contributed by atoms with Crippen molar-refractivity contribution in [1.29, 1.82) is 0 Å². The summed E-state index contributed by atoms with van der Waals surface area (Å²) in [6, 6.07) is 6.36. The lowest BCUT2D eigenvalue weighted by Crippen LogP contribution is -2.07. The van der Waals surface area contributed by atoms with Crippen LogP contribution in [-0.4, -0.2) is 9.50 Å². The number of benzene rings is 1. The maximum atomic E-state index is 12.8. The lowest BCUT2D eigenvalue weighted by Gasteiger charge is -2.08. The van der Waals surface area contributed by atoms with Crippen LogP contribution < -0.4 is 5.10 Å². The van der Waals surface area contributed by atoms with Crippen molar-refractivity contribution in [2.45, 2.75) is 6.18 Å². The van der Waals surface area contributed by atoms with E-state index in [0.29, 0.717) is 21.4 Å². The first-order valence-electron chi connectivity index (χ1n) is 5.66. The summed E-state index contributed by atoms with van der Waals surface area (Å²) in [4.78, 5) is 4.26. The zero-order valence-electron chi connectivity index (χ0n) is 10.1.